The number of amides is 1. The monoisotopic (exact) mass is 209 g/mol. The summed E-state index contributed by atoms with van der Waals surface area (Å²) in [4.78, 5) is 10.8. The van der Waals surface area contributed by atoms with Gasteiger partial charge in [-0.1, -0.05) is 12.1 Å². The highest BCUT2D eigenvalue weighted by Crippen LogP contribution is 2.34. The molecule has 2 rings (SSSR count). The minimum Gasteiger partial charge on any atom is -0.504 e. The van der Waals surface area contributed by atoms with Crippen LogP contribution >= 0.6 is 0 Å². The lowest BCUT2D eigenvalue weighted by atomic mass is 10.1. The van der Waals surface area contributed by atoms with Gasteiger partial charge < -0.3 is 19.9 Å². The summed E-state index contributed by atoms with van der Waals surface area (Å²) in [5.74, 6) is 0.421. The summed E-state index contributed by atoms with van der Waals surface area (Å²) in [6, 6.07) is 4.80. The fraction of sp³-hybridized carbons (Fsp3) is 0.300. The van der Waals surface area contributed by atoms with Gasteiger partial charge in [0, 0.05) is 5.56 Å². The number of alkyl carbamates (subject to hydrolysis) is 1. The Morgan fingerprint density at radius 3 is 3.00 bits per heavy atom. The maximum atomic E-state index is 10.8. The molecule has 0 saturated carbocycles. The Kier molecular flexibility index (Phi) is 2.37. The molecule has 1 heterocycles. The standard InChI is InChI=1S/C10H11NO4/c1-14-8-4-2-3-6(9(8)12)7-5-15-10(13)11-7/h2-4,7,12H,5H2,1H3,(H,11,13)/t7-/m0/s1. The summed E-state index contributed by atoms with van der Waals surface area (Å²) >= 11 is 0. The Labute approximate surface area is 86.6 Å². The molecule has 0 bridgehead atoms. The predicted octanol–water partition coefficient (Wildman–Crippen LogP) is 1.18. The summed E-state index contributed by atoms with van der Waals surface area (Å²) in [5, 5.41) is 12.4. The molecule has 1 saturated heterocycles. The van der Waals surface area contributed by atoms with Gasteiger partial charge in [0.1, 0.15) is 6.61 Å². The van der Waals surface area contributed by atoms with Crippen molar-refractivity contribution >= 4 is 6.09 Å². The van der Waals surface area contributed by atoms with Crippen molar-refractivity contribution in [3.05, 3.63) is 23.8 Å². The number of methoxy groups -OCH3 is 1. The summed E-state index contributed by atoms with van der Waals surface area (Å²) in [5.41, 5.74) is 0.597. The van der Waals surface area contributed by atoms with E-state index in [1.54, 1.807) is 18.2 Å². The zero-order valence-electron chi connectivity index (χ0n) is 8.19. The smallest absolute Gasteiger partial charge is 0.407 e. The Morgan fingerprint density at radius 1 is 1.60 bits per heavy atom. The van der Waals surface area contributed by atoms with Crippen LogP contribution in [0.4, 0.5) is 4.79 Å². The van der Waals surface area contributed by atoms with Crippen molar-refractivity contribution in [2.24, 2.45) is 0 Å². The Morgan fingerprint density at radius 2 is 2.40 bits per heavy atom. The number of nitrogens with one attached hydrogen (secondary N) is 1. The average molecular weight is 209 g/mol. The van der Waals surface area contributed by atoms with Crippen LogP contribution in [0.2, 0.25) is 0 Å². The minimum absolute atomic E-state index is 0.0378. The number of aromatic hydroxyl groups is 1. The minimum atomic E-state index is -0.470. The number of hydrogen-bond donors (Lipinski definition) is 2. The molecule has 2 N–H and O–H groups in total. The van der Waals surface area contributed by atoms with Gasteiger partial charge in [-0.05, 0) is 6.07 Å². The Balaban J connectivity index is 2.32. The molecule has 1 atom stereocenters. The first-order chi connectivity index (χ1) is 7.22. The van der Waals surface area contributed by atoms with Crippen LogP contribution in [-0.2, 0) is 4.74 Å². The highest BCUT2D eigenvalue weighted by molar-refractivity contribution is 5.70. The summed E-state index contributed by atoms with van der Waals surface area (Å²) in [6.07, 6.45) is -0.470. The second-order valence-corrected chi connectivity index (χ2v) is 3.19. The van der Waals surface area contributed by atoms with Gasteiger partial charge in [0.05, 0.1) is 13.2 Å². The summed E-state index contributed by atoms with van der Waals surface area (Å²) in [6.45, 7) is 0.222. The number of carbonyl (C=O) groups excluding carboxylic acids is 1. The molecule has 0 aromatic heterocycles. The van der Waals surface area contributed by atoms with Crippen molar-refractivity contribution in [3.8, 4) is 11.5 Å². The van der Waals surface area contributed by atoms with E-state index in [4.69, 9.17) is 9.47 Å². The van der Waals surface area contributed by atoms with Crippen molar-refractivity contribution in [2.75, 3.05) is 13.7 Å². The van der Waals surface area contributed by atoms with Crippen LogP contribution in [0.25, 0.3) is 0 Å². The van der Waals surface area contributed by atoms with Crippen LogP contribution in [0, 0.1) is 0 Å². The van der Waals surface area contributed by atoms with Crippen LogP contribution in [0.1, 0.15) is 11.6 Å². The molecule has 1 amide bonds. The van der Waals surface area contributed by atoms with Crippen molar-refractivity contribution in [1.82, 2.24) is 5.32 Å². The van der Waals surface area contributed by atoms with Gasteiger partial charge in [0.15, 0.2) is 11.5 Å². The molecule has 1 aliphatic heterocycles. The van der Waals surface area contributed by atoms with E-state index < -0.39 is 6.09 Å². The number of cyclic esters (lactones) is 1. The van der Waals surface area contributed by atoms with E-state index in [9.17, 15) is 9.90 Å². The van der Waals surface area contributed by atoms with Gasteiger partial charge in [0.2, 0.25) is 0 Å². The lowest BCUT2D eigenvalue weighted by Crippen LogP contribution is -2.18. The van der Waals surface area contributed by atoms with E-state index >= 15 is 0 Å². The maximum Gasteiger partial charge on any atom is 0.407 e. The fourth-order valence-electron chi connectivity index (χ4n) is 1.54. The van der Waals surface area contributed by atoms with Gasteiger partial charge in [-0.25, -0.2) is 4.79 Å². The lowest BCUT2D eigenvalue weighted by molar-refractivity contribution is 0.176. The molecular formula is C10H11NO4. The quantitative estimate of drug-likeness (QED) is 0.767. The van der Waals surface area contributed by atoms with Gasteiger partial charge >= 0.3 is 6.09 Å². The second kappa shape index (κ2) is 3.68. The number of phenols is 1. The van der Waals surface area contributed by atoms with Crippen LogP contribution in [0.5, 0.6) is 11.5 Å². The average Bonchev–Trinajstić information content (AvgIpc) is 2.65. The number of benzene rings is 1. The number of hydrogen-bond acceptors (Lipinski definition) is 4. The van der Waals surface area contributed by atoms with E-state index in [1.165, 1.54) is 7.11 Å². The van der Waals surface area contributed by atoms with Gasteiger partial charge in [-0.2, -0.15) is 0 Å². The van der Waals surface area contributed by atoms with E-state index in [2.05, 4.69) is 5.32 Å². The van der Waals surface area contributed by atoms with E-state index in [0.717, 1.165) is 0 Å². The molecule has 0 spiro atoms. The van der Waals surface area contributed by atoms with Crippen molar-refractivity contribution in [1.29, 1.82) is 0 Å². The Bertz CT molecular complexity index is 391. The molecule has 1 aromatic carbocycles. The normalized spacial score (nSPS) is 19.5. The van der Waals surface area contributed by atoms with Crippen LogP contribution in [0.15, 0.2) is 18.2 Å². The highest BCUT2D eigenvalue weighted by atomic mass is 16.6. The largest absolute Gasteiger partial charge is 0.504 e. The van der Waals surface area contributed by atoms with Crippen LogP contribution in [-0.4, -0.2) is 24.9 Å². The third-order valence-electron chi connectivity index (χ3n) is 2.30. The van der Waals surface area contributed by atoms with Crippen molar-refractivity contribution < 1.29 is 19.4 Å². The maximum absolute atomic E-state index is 10.8. The SMILES string of the molecule is COc1cccc([C@@H]2COC(=O)N2)c1O. The molecule has 5 heteroatoms. The molecule has 0 aliphatic carbocycles. The predicted molar refractivity (Wildman–Crippen MR) is 51.9 cm³/mol. The number of phenolic OH excluding ortho intramolecular Hbond substituents is 1. The van der Waals surface area contributed by atoms with Crippen LogP contribution in [0.3, 0.4) is 0 Å². The first-order valence-electron chi connectivity index (χ1n) is 4.51. The third-order valence-corrected chi connectivity index (χ3v) is 2.30. The molecule has 0 radical (unpaired) electrons. The number of rotatable bonds is 2. The van der Waals surface area contributed by atoms with E-state index in [-0.39, 0.29) is 18.4 Å². The summed E-state index contributed by atoms with van der Waals surface area (Å²) in [7, 11) is 1.47. The molecule has 1 aliphatic rings. The summed E-state index contributed by atoms with van der Waals surface area (Å²) < 4.78 is 9.71. The fourth-order valence-corrected chi connectivity index (χ4v) is 1.54. The number of para-hydroxylation sites is 1. The first-order valence-corrected chi connectivity index (χ1v) is 4.51. The first kappa shape index (κ1) is 9.64. The third kappa shape index (κ3) is 1.68. The van der Waals surface area contributed by atoms with Crippen molar-refractivity contribution in [2.45, 2.75) is 6.04 Å². The van der Waals surface area contributed by atoms with Crippen LogP contribution < -0.4 is 10.1 Å². The molecule has 1 aromatic rings. The molecule has 0 unspecified atom stereocenters. The Hall–Kier alpha value is -1.91. The molecule has 15 heavy (non-hydrogen) atoms. The van der Waals surface area contributed by atoms with Gasteiger partial charge in [-0.15, -0.1) is 0 Å². The topological polar surface area (TPSA) is 67.8 Å². The van der Waals surface area contributed by atoms with Gasteiger partial charge in [0.25, 0.3) is 0 Å². The number of ether oxygens (including phenoxy) is 2. The van der Waals surface area contributed by atoms with E-state index in [0.29, 0.717) is 11.3 Å². The molecule has 5 nitrogen and oxygen atoms in total. The second-order valence-electron chi connectivity index (χ2n) is 3.19. The van der Waals surface area contributed by atoms with Crippen molar-refractivity contribution in [3.63, 3.8) is 0 Å². The lowest BCUT2D eigenvalue weighted by Gasteiger charge is -2.12. The van der Waals surface area contributed by atoms with Gasteiger partial charge in [-0.3, -0.25) is 0 Å². The highest BCUT2D eigenvalue weighted by Gasteiger charge is 2.26. The zero-order valence-corrected chi connectivity index (χ0v) is 8.19. The zero-order chi connectivity index (χ0) is 10.8. The molecule has 80 valence electrons. The number of carbonyl (C=O) groups is 1. The van der Waals surface area contributed by atoms with E-state index in [1.807, 2.05) is 0 Å². The molecular weight excluding hydrogens is 198 g/mol. The molecule has 1 fully saturated rings.